The van der Waals surface area contributed by atoms with Gasteiger partial charge in [-0.3, -0.25) is 0 Å². The molecule has 3 aliphatic rings. The number of allylic oxidation sites excluding steroid dienone is 3. The number of hydrogen-bond donors (Lipinski definition) is 1. The van der Waals surface area contributed by atoms with Crippen molar-refractivity contribution in [2.45, 2.75) is 83.5 Å². The van der Waals surface area contributed by atoms with E-state index in [1.54, 1.807) is 19.9 Å². The monoisotopic (exact) mass is 332 g/mol. The summed E-state index contributed by atoms with van der Waals surface area (Å²) in [6.07, 6.45) is 9.28. The minimum Gasteiger partial charge on any atom is -0.423 e. The summed E-state index contributed by atoms with van der Waals surface area (Å²) >= 11 is 0. The molecule has 2 aliphatic heterocycles. The van der Waals surface area contributed by atoms with Gasteiger partial charge in [0.2, 0.25) is 0 Å². The van der Waals surface area contributed by atoms with Crippen molar-refractivity contribution in [2.75, 3.05) is 0 Å². The summed E-state index contributed by atoms with van der Waals surface area (Å²) in [6, 6.07) is 0. The Kier molecular flexibility index (Phi) is 4.47. The largest absolute Gasteiger partial charge is 0.423 e. The van der Waals surface area contributed by atoms with Gasteiger partial charge in [0.25, 0.3) is 0 Å². The van der Waals surface area contributed by atoms with Crippen molar-refractivity contribution in [1.82, 2.24) is 0 Å². The zero-order valence-corrected chi connectivity index (χ0v) is 15.1. The van der Waals surface area contributed by atoms with E-state index in [1.807, 2.05) is 0 Å². The molecule has 0 aromatic heterocycles. The van der Waals surface area contributed by atoms with Gasteiger partial charge in [0, 0.05) is 11.1 Å². The number of rotatable bonds is 0. The van der Waals surface area contributed by atoms with Crippen LogP contribution in [-0.2, 0) is 14.3 Å². The lowest BCUT2D eigenvalue weighted by Gasteiger charge is -2.20. The predicted molar refractivity (Wildman–Crippen MR) is 92.2 cm³/mol. The van der Waals surface area contributed by atoms with Crippen LogP contribution >= 0.6 is 0 Å². The molecule has 1 aliphatic carbocycles. The zero-order valence-electron chi connectivity index (χ0n) is 15.1. The minimum atomic E-state index is -1.01. The molecule has 0 bridgehead atoms. The van der Waals surface area contributed by atoms with Crippen molar-refractivity contribution < 1.29 is 19.4 Å². The highest BCUT2D eigenvalue weighted by Gasteiger charge is 2.51. The Labute approximate surface area is 144 Å². The van der Waals surface area contributed by atoms with Crippen LogP contribution in [0.5, 0.6) is 0 Å². The highest BCUT2D eigenvalue weighted by Crippen LogP contribution is 2.44. The van der Waals surface area contributed by atoms with Gasteiger partial charge >= 0.3 is 5.97 Å². The number of hydrogen-bond acceptors (Lipinski definition) is 4. The molecule has 0 aromatic rings. The highest BCUT2D eigenvalue weighted by atomic mass is 16.6. The Morgan fingerprint density at radius 1 is 1.21 bits per heavy atom. The number of ether oxygens (including phenoxy) is 2. The van der Waals surface area contributed by atoms with Gasteiger partial charge in [-0.1, -0.05) is 11.6 Å². The van der Waals surface area contributed by atoms with Gasteiger partial charge in [-0.2, -0.15) is 0 Å². The van der Waals surface area contributed by atoms with Crippen LogP contribution in [0.15, 0.2) is 34.6 Å². The first kappa shape index (κ1) is 17.4. The Morgan fingerprint density at radius 3 is 2.71 bits per heavy atom. The number of carbonyl (C=O) groups excluding carboxylic acids is 1. The number of epoxide rings is 1. The summed E-state index contributed by atoms with van der Waals surface area (Å²) in [4.78, 5) is 11.9. The van der Waals surface area contributed by atoms with Crippen LogP contribution in [0.2, 0.25) is 0 Å². The van der Waals surface area contributed by atoms with E-state index in [-0.39, 0.29) is 17.7 Å². The number of esters is 1. The van der Waals surface area contributed by atoms with Crippen LogP contribution < -0.4 is 0 Å². The second-order valence-electron chi connectivity index (χ2n) is 7.91. The Balaban J connectivity index is 1.87. The third kappa shape index (κ3) is 3.65. The molecule has 0 unspecified atom stereocenters. The van der Waals surface area contributed by atoms with Crippen LogP contribution in [-0.4, -0.2) is 28.4 Å². The fourth-order valence-electron chi connectivity index (χ4n) is 3.66. The molecule has 2 heterocycles. The van der Waals surface area contributed by atoms with Gasteiger partial charge in [-0.05, 0) is 72.3 Å². The smallest absolute Gasteiger partial charge is 0.339 e. The first-order valence-corrected chi connectivity index (χ1v) is 8.91. The summed E-state index contributed by atoms with van der Waals surface area (Å²) in [5.41, 5.74) is 1.85. The molecule has 1 N–H and O–H groups in total. The average molecular weight is 332 g/mol. The first-order valence-electron chi connectivity index (χ1n) is 8.91. The summed E-state index contributed by atoms with van der Waals surface area (Å²) in [7, 11) is 0. The Hall–Kier alpha value is -1.39. The van der Waals surface area contributed by atoms with Crippen LogP contribution in [0.1, 0.15) is 66.2 Å². The van der Waals surface area contributed by atoms with Crippen LogP contribution in [0.3, 0.4) is 0 Å². The second-order valence-corrected chi connectivity index (χ2v) is 7.91. The second kappa shape index (κ2) is 6.16. The van der Waals surface area contributed by atoms with Gasteiger partial charge in [0.05, 0.1) is 17.3 Å². The lowest BCUT2D eigenvalue weighted by Crippen LogP contribution is -2.23. The van der Waals surface area contributed by atoms with Gasteiger partial charge in [-0.15, -0.1) is 0 Å². The molecule has 1 saturated heterocycles. The highest BCUT2D eigenvalue weighted by molar-refractivity contribution is 5.93. The maximum absolute atomic E-state index is 11.9. The van der Waals surface area contributed by atoms with E-state index < -0.39 is 5.60 Å². The molecule has 132 valence electrons. The molecule has 24 heavy (non-hydrogen) atoms. The van der Waals surface area contributed by atoms with Crippen LogP contribution in [0.25, 0.3) is 0 Å². The minimum absolute atomic E-state index is 0.0500. The maximum Gasteiger partial charge on any atom is 0.339 e. The summed E-state index contributed by atoms with van der Waals surface area (Å²) < 4.78 is 11.3. The van der Waals surface area contributed by atoms with E-state index in [9.17, 15) is 9.90 Å². The summed E-state index contributed by atoms with van der Waals surface area (Å²) in [5.74, 6) is 0.239. The van der Waals surface area contributed by atoms with Crippen molar-refractivity contribution in [3.05, 3.63) is 34.6 Å². The maximum atomic E-state index is 11.9. The lowest BCUT2D eigenvalue weighted by atomic mass is 9.90. The van der Waals surface area contributed by atoms with E-state index in [1.165, 1.54) is 5.57 Å². The summed E-state index contributed by atoms with van der Waals surface area (Å²) in [6.45, 7) is 7.87. The predicted octanol–water partition coefficient (Wildman–Crippen LogP) is 3.95. The molecule has 0 radical (unpaired) electrons. The molecule has 4 heteroatoms. The van der Waals surface area contributed by atoms with E-state index in [0.717, 1.165) is 37.7 Å². The van der Waals surface area contributed by atoms with E-state index in [2.05, 4.69) is 19.9 Å². The standard InChI is InChI=1S/C20H28O4/c1-13-6-5-10-20(4)17(24-20)9-11-19(3,22)12-16-15(8-7-13)14(2)18(21)23-16/h6,12,17,22H,5,7-11H2,1-4H3/b13-6+,16-12?/t17-,19-,20-/m0/s1. The molecular weight excluding hydrogens is 304 g/mol. The third-order valence-electron chi connectivity index (χ3n) is 5.55. The number of fused-ring (bicyclic) bond motifs is 2. The van der Waals surface area contributed by atoms with Crippen LogP contribution in [0, 0.1) is 0 Å². The SMILES string of the molecule is CC1=C2CC/C(C)=C/CC[C@]3(C)O[C@H]3CC[C@](C)(O)C=C2OC1=O. The quantitative estimate of drug-likeness (QED) is 0.414. The van der Waals surface area contributed by atoms with Crippen molar-refractivity contribution in [3.8, 4) is 0 Å². The number of aliphatic hydroxyl groups is 1. The Morgan fingerprint density at radius 2 is 1.96 bits per heavy atom. The van der Waals surface area contributed by atoms with Crippen molar-refractivity contribution >= 4 is 5.97 Å². The Bertz CT molecular complexity index is 638. The molecular formula is C20H28O4. The van der Waals surface area contributed by atoms with Crippen molar-refractivity contribution in [2.24, 2.45) is 0 Å². The van der Waals surface area contributed by atoms with Crippen molar-refractivity contribution in [3.63, 3.8) is 0 Å². The van der Waals surface area contributed by atoms with Gasteiger partial charge in [0.1, 0.15) is 5.76 Å². The lowest BCUT2D eigenvalue weighted by molar-refractivity contribution is -0.133. The molecule has 0 saturated carbocycles. The molecule has 3 atom stereocenters. The van der Waals surface area contributed by atoms with Gasteiger partial charge in [0.15, 0.2) is 0 Å². The van der Waals surface area contributed by atoms with E-state index in [4.69, 9.17) is 9.47 Å². The normalized spacial score (nSPS) is 39.9. The van der Waals surface area contributed by atoms with E-state index >= 15 is 0 Å². The van der Waals surface area contributed by atoms with E-state index in [0.29, 0.717) is 17.8 Å². The number of carbonyl (C=O) groups is 1. The third-order valence-corrected chi connectivity index (χ3v) is 5.55. The van der Waals surface area contributed by atoms with Crippen LogP contribution in [0.4, 0.5) is 0 Å². The molecule has 1 fully saturated rings. The first-order chi connectivity index (χ1) is 11.2. The zero-order chi connectivity index (χ0) is 17.5. The summed E-state index contributed by atoms with van der Waals surface area (Å²) in [5, 5.41) is 10.7. The van der Waals surface area contributed by atoms with Crippen molar-refractivity contribution in [1.29, 1.82) is 0 Å². The molecule has 4 nitrogen and oxygen atoms in total. The molecule has 0 spiro atoms. The van der Waals surface area contributed by atoms with Gasteiger partial charge in [-0.25, -0.2) is 4.79 Å². The average Bonchev–Trinajstić information content (AvgIpc) is 3.06. The molecule has 0 amide bonds. The van der Waals surface area contributed by atoms with Gasteiger partial charge < -0.3 is 14.6 Å². The fraction of sp³-hybridized carbons (Fsp3) is 0.650. The fourth-order valence-corrected chi connectivity index (χ4v) is 3.66. The molecule has 3 rings (SSSR count). The molecule has 0 aromatic carbocycles. The topological polar surface area (TPSA) is 59.1 Å².